The molecule has 0 fully saturated rings. The zero-order chi connectivity index (χ0) is 15.4. The van der Waals surface area contributed by atoms with Crippen LogP contribution in [-0.2, 0) is 6.42 Å². The van der Waals surface area contributed by atoms with Crippen LogP contribution in [0.5, 0.6) is 0 Å². The average Bonchev–Trinajstić information content (AvgIpc) is 3.17. The summed E-state index contributed by atoms with van der Waals surface area (Å²) in [6.07, 6.45) is 0.613. The van der Waals surface area contributed by atoms with Crippen molar-refractivity contribution in [2.75, 3.05) is 6.54 Å². The van der Waals surface area contributed by atoms with Gasteiger partial charge in [-0.15, -0.1) is 11.3 Å². The van der Waals surface area contributed by atoms with Crippen molar-refractivity contribution in [2.45, 2.75) is 13.3 Å². The van der Waals surface area contributed by atoms with Crippen molar-refractivity contribution < 1.29 is 9.32 Å². The zero-order valence-electron chi connectivity index (χ0n) is 12.1. The highest BCUT2D eigenvalue weighted by atomic mass is 32.1. The van der Waals surface area contributed by atoms with E-state index in [1.807, 2.05) is 43.3 Å². The van der Waals surface area contributed by atoms with Gasteiger partial charge in [0.05, 0.1) is 5.69 Å². The number of amides is 1. The van der Waals surface area contributed by atoms with Crippen LogP contribution in [0.1, 0.15) is 21.9 Å². The number of hydrogen-bond acceptors (Lipinski definition) is 5. The molecule has 5 nitrogen and oxygen atoms in total. The largest absolute Gasteiger partial charge is 0.361 e. The highest BCUT2D eigenvalue weighted by Crippen LogP contribution is 2.23. The van der Waals surface area contributed by atoms with E-state index in [0.717, 1.165) is 22.0 Å². The third-order valence-electron chi connectivity index (χ3n) is 3.09. The highest BCUT2D eigenvalue weighted by Gasteiger charge is 2.11. The van der Waals surface area contributed by atoms with Crippen LogP contribution in [-0.4, -0.2) is 22.6 Å². The Hall–Kier alpha value is -2.47. The number of benzene rings is 1. The molecule has 1 amide bonds. The Morgan fingerprint density at radius 2 is 2.14 bits per heavy atom. The number of aryl methyl sites for hydroxylation is 1. The van der Waals surface area contributed by atoms with Crippen LogP contribution in [0.4, 0.5) is 0 Å². The van der Waals surface area contributed by atoms with Gasteiger partial charge in [0.1, 0.15) is 16.5 Å². The second kappa shape index (κ2) is 6.53. The van der Waals surface area contributed by atoms with Crippen molar-refractivity contribution in [1.29, 1.82) is 0 Å². The smallest absolute Gasteiger partial charge is 0.270 e. The summed E-state index contributed by atoms with van der Waals surface area (Å²) in [5.41, 5.74) is 2.30. The van der Waals surface area contributed by atoms with Gasteiger partial charge in [0, 0.05) is 30.0 Å². The molecule has 2 heterocycles. The fraction of sp³-hybridized carbons (Fsp3) is 0.188. The van der Waals surface area contributed by atoms with Crippen molar-refractivity contribution in [3.05, 3.63) is 58.9 Å². The Labute approximate surface area is 132 Å². The second-order valence-corrected chi connectivity index (χ2v) is 5.70. The molecule has 0 atom stereocenters. The van der Waals surface area contributed by atoms with Gasteiger partial charge in [-0.25, -0.2) is 4.98 Å². The first-order chi connectivity index (χ1) is 10.7. The molecule has 1 N–H and O–H groups in total. The lowest BCUT2D eigenvalue weighted by molar-refractivity contribution is 0.0949. The predicted molar refractivity (Wildman–Crippen MR) is 84.8 cm³/mol. The van der Waals surface area contributed by atoms with E-state index in [2.05, 4.69) is 15.5 Å². The third kappa shape index (κ3) is 3.40. The summed E-state index contributed by atoms with van der Waals surface area (Å²) >= 11 is 1.46. The van der Waals surface area contributed by atoms with Crippen LogP contribution in [0.15, 0.2) is 46.3 Å². The number of nitrogens with zero attached hydrogens (tertiary/aromatic N) is 2. The molecule has 0 aliphatic heterocycles. The molecule has 3 rings (SSSR count). The molecule has 6 heteroatoms. The molecular weight excluding hydrogens is 298 g/mol. The van der Waals surface area contributed by atoms with Crippen LogP contribution in [0.2, 0.25) is 0 Å². The number of nitrogens with one attached hydrogen (secondary N) is 1. The lowest BCUT2D eigenvalue weighted by Crippen LogP contribution is -2.25. The van der Waals surface area contributed by atoms with Gasteiger partial charge < -0.3 is 9.84 Å². The molecule has 22 heavy (non-hydrogen) atoms. The second-order valence-electron chi connectivity index (χ2n) is 4.84. The number of thiazole rings is 1. The average molecular weight is 313 g/mol. The summed E-state index contributed by atoms with van der Waals surface area (Å²) in [6.45, 7) is 2.36. The first-order valence-corrected chi connectivity index (χ1v) is 7.81. The lowest BCUT2D eigenvalue weighted by atomic mass is 10.2. The van der Waals surface area contributed by atoms with Gasteiger partial charge in [-0.05, 0) is 6.92 Å². The van der Waals surface area contributed by atoms with Gasteiger partial charge in [-0.2, -0.15) is 0 Å². The normalized spacial score (nSPS) is 10.6. The van der Waals surface area contributed by atoms with E-state index < -0.39 is 0 Å². The minimum Gasteiger partial charge on any atom is -0.361 e. The van der Waals surface area contributed by atoms with Crippen LogP contribution < -0.4 is 5.32 Å². The van der Waals surface area contributed by atoms with Crippen molar-refractivity contribution in [3.63, 3.8) is 0 Å². The van der Waals surface area contributed by atoms with E-state index in [0.29, 0.717) is 18.7 Å². The Kier molecular flexibility index (Phi) is 4.29. The van der Waals surface area contributed by atoms with Crippen LogP contribution in [0.3, 0.4) is 0 Å². The summed E-state index contributed by atoms with van der Waals surface area (Å²) in [6, 6.07) is 11.7. The maximum absolute atomic E-state index is 12.1. The lowest BCUT2D eigenvalue weighted by Gasteiger charge is -2.00. The Bertz CT molecular complexity index is 765. The number of aromatic nitrogens is 2. The SMILES string of the molecule is Cc1cc(CCNC(=O)c2csc(-c3ccccc3)n2)on1. The number of carbonyl (C=O) groups excluding carboxylic acids is 1. The molecule has 0 aliphatic rings. The quantitative estimate of drug-likeness (QED) is 0.786. The molecule has 1 aromatic carbocycles. The Balaban J connectivity index is 1.58. The van der Waals surface area contributed by atoms with Gasteiger partial charge in [0.25, 0.3) is 5.91 Å². The zero-order valence-corrected chi connectivity index (χ0v) is 12.9. The first-order valence-electron chi connectivity index (χ1n) is 6.94. The van der Waals surface area contributed by atoms with Crippen molar-refractivity contribution >= 4 is 17.2 Å². The molecule has 0 unspecified atom stereocenters. The van der Waals surface area contributed by atoms with E-state index >= 15 is 0 Å². The highest BCUT2D eigenvalue weighted by molar-refractivity contribution is 7.13. The van der Waals surface area contributed by atoms with Gasteiger partial charge in [-0.1, -0.05) is 35.5 Å². The standard InChI is InChI=1S/C16H15N3O2S/c1-11-9-13(21-19-11)7-8-17-15(20)14-10-22-16(18-14)12-5-3-2-4-6-12/h2-6,9-10H,7-8H2,1H3,(H,17,20). The monoisotopic (exact) mass is 313 g/mol. The minimum absolute atomic E-state index is 0.172. The molecule has 0 saturated heterocycles. The van der Waals surface area contributed by atoms with Crippen molar-refractivity contribution in [2.24, 2.45) is 0 Å². The maximum atomic E-state index is 12.1. The van der Waals surface area contributed by atoms with Gasteiger partial charge in [0.15, 0.2) is 0 Å². The maximum Gasteiger partial charge on any atom is 0.270 e. The molecule has 3 aromatic rings. The molecule has 0 aliphatic carbocycles. The van der Waals surface area contributed by atoms with E-state index in [1.165, 1.54) is 11.3 Å². The summed E-state index contributed by atoms with van der Waals surface area (Å²) in [4.78, 5) is 16.5. The topological polar surface area (TPSA) is 68.0 Å². The molecule has 0 bridgehead atoms. The molecule has 0 saturated carbocycles. The predicted octanol–water partition coefficient (Wildman–Crippen LogP) is 3.08. The molecule has 0 radical (unpaired) electrons. The van der Waals surface area contributed by atoms with Gasteiger partial charge in [0.2, 0.25) is 0 Å². The fourth-order valence-corrected chi connectivity index (χ4v) is 2.82. The summed E-state index contributed by atoms with van der Waals surface area (Å²) < 4.78 is 5.10. The Morgan fingerprint density at radius 3 is 2.86 bits per heavy atom. The van der Waals surface area contributed by atoms with Crippen molar-refractivity contribution in [1.82, 2.24) is 15.5 Å². The van der Waals surface area contributed by atoms with E-state index in [9.17, 15) is 4.79 Å². The summed E-state index contributed by atoms with van der Waals surface area (Å²) in [5, 5.41) is 9.27. The molecule has 112 valence electrons. The van der Waals surface area contributed by atoms with E-state index in [-0.39, 0.29) is 5.91 Å². The van der Waals surface area contributed by atoms with Crippen LogP contribution in [0.25, 0.3) is 10.6 Å². The van der Waals surface area contributed by atoms with E-state index in [1.54, 1.807) is 5.38 Å². The summed E-state index contributed by atoms with van der Waals surface area (Å²) in [5.74, 6) is 0.593. The summed E-state index contributed by atoms with van der Waals surface area (Å²) in [7, 11) is 0. The number of hydrogen-bond donors (Lipinski definition) is 1. The van der Waals surface area contributed by atoms with Crippen molar-refractivity contribution in [3.8, 4) is 10.6 Å². The van der Waals surface area contributed by atoms with Crippen LogP contribution in [0, 0.1) is 6.92 Å². The number of carbonyl (C=O) groups is 1. The Morgan fingerprint density at radius 1 is 1.32 bits per heavy atom. The number of rotatable bonds is 5. The third-order valence-corrected chi connectivity index (χ3v) is 3.98. The molecular formula is C16H15N3O2S. The minimum atomic E-state index is -0.172. The van der Waals surface area contributed by atoms with Crippen LogP contribution >= 0.6 is 11.3 Å². The van der Waals surface area contributed by atoms with Gasteiger partial charge in [-0.3, -0.25) is 4.79 Å². The first kappa shape index (κ1) is 14.5. The molecule has 2 aromatic heterocycles. The van der Waals surface area contributed by atoms with Gasteiger partial charge >= 0.3 is 0 Å². The fourth-order valence-electron chi connectivity index (χ4n) is 2.02. The molecule has 0 spiro atoms. The van der Waals surface area contributed by atoms with E-state index in [4.69, 9.17) is 4.52 Å².